The number of nitrogens with one attached hydrogen (secondary N) is 1. The first kappa shape index (κ1) is 10.2. The van der Waals surface area contributed by atoms with Crippen molar-refractivity contribution < 1.29 is 0 Å². The van der Waals surface area contributed by atoms with E-state index in [1.54, 1.807) is 0 Å². The van der Waals surface area contributed by atoms with Gasteiger partial charge in [-0.3, -0.25) is 0 Å². The first-order chi connectivity index (χ1) is 7.15. The smallest absolute Gasteiger partial charge is 0.128 e. The second kappa shape index (κ2) is 4.06. The molecule has 1 aliphatic rings. The maximum absolute atomic E-state index is 5.83. The number of aryl methyl sites for hydroxylation is 1. The lowest BCUT2D eigenvalue weighted by Gasteiger charge is -2.14. The molecule has 4 nitrogen and oxygen atoms in total. The molecule has 1 atom stereocenters. The molecule has 1 aromatic heterocycles. The Balaban J connectivity index is 2.02. The number of nitrogen functional groups attached to an aromatic ring is 1. The van der Waals surface area contributed by atoms with E-state index in [1.807, 2.05) is 19.2 Å². The van der Waals surface area contributed by atoms with Crippen molar-refractivity contribution in [3.05, 3.63) is 17.8 Å². The zero-order valence-corrected chi connectivity index (χ0v) is 9.33. The van der Waals surface area contributed by atoms with Gasteiger partial charge >= 0.3 is 0 Å². The van der Waals surface area contributed by atoms with Crippen LogP contribution in [-0.4, -0.2) is 36.1 Å². The van der Waals surface area contributed by atoms with E-state index in [2.05, 4.69) is 22.2 Å². The van der Waals surface area contributed by atoms with Gasteiger partial charge in [0.15, 0.2) is 0 Å². The molecule has 1 fully saturated rings. The van der Waals surface area contributed by atoms with Crippen molar-refractivity contribution in [1.82, 2.24) is 9.88 Å². The van der Waals surface area contributed by atoms with Gasteiger partial charge in [-0.1, -0.05) is 0 Å². The summed E-state index contributed by atoms with van der Waals surface area (Å²) in [5, 5.41) is 3.41. The lowest BCUT2D eigenvalue weighted by atomic mass is 10.2. The predicted octanol–water partition coefficient (Wildman–Crippen LogP) is 1.09. The summed E-state index contributed by atoms with van der Waals surface area (Å²) in [7, 11) is 2.14. The molecule has 0 amide bonds. The van der Waals surface area contributed by atoms with Gasteiger partial charge in [-0.15, -0.1) is 0 Å². The Labute approximate surface area is 90.5 Å². The van der Waals surface area contributed by atoms with E-state index in [-0.39, 0.29) is 0 Å². The van der Waals surface area contributed by atoms with Crippen LogP contribution in [-0.2, 0) is 0 Å². The number of hydrogen-bond acceptors (Lipinski definition) is 4. The van der Waals surface area contributed by atoms with Crippen LogP contribution in [0.1, 0.15) is 12.0 Å². The fraction of sp³-hybridized carbons (Fsp3) is 0.545. The third-order valence-corrected chi connectivity index (χ3v) is 2.89. The minimum Gasteiger partial charge on any atom is -0.398 e. The molecule has 0 saturated carbocycles. The van der Waals surface area contributed by atoms with Gasteiger partial charge < -0.3 is 16.0 Å². The van der Waals surface area contributed by atoms with Crippen molar-refractivity contribution in [3.63, 3.8) is 0 Å². The summed E-state index contributed by atoms with van der Waals surface area (Å²) in [4.78, 5) is 6.63. The van der Waals surface area contributed by atoms with Crippen LogP contribution in [0.15, 0.2) is 12.3 Å². The molecular formula is C11H18N4. The molecule has 82 valence electrons. The van der Waals surface area contributed by atoms with E-state index in [4.69, 9.17) is 5.73 Å². The Morgan fingerprint density at radius 3 is 3.00 bits per heavy atom. The summed E-state index contributed by atoms with van der Waals surface area (Å²) in [6.07, 6.45) is 2.99. The number of nitrogens with two attached hydrogens (primary N) is 1. The van der Waals surface area contributed by atoms with Crippen molar-refractivity contribution in [3.8, 4) is 0 Å². The van der Waals surface area contributed by atoms with Crippen LogP contribution in [0, 0.1) is 6.92 Å². The molecule has 0 bridgehead atoms. The summed E-state index contributed by atoms with van der Waals surface area (Å²) in [5.41, 5.74) is 7.67. The van der Waals surface area contributed by atoms with Crippen LogP contribution >= 0.6 is 0 Å². The number of likely N-dealkylation sites (tertiary alicyclic amines) is 1. The van der Waals surface area contributed by atoms with Crippen LogP contribution in [0.3, 0.4) is 0 Å². The second-order valence-electron chi connectivity index (χ2n) is 4.32. The van der Waals surface area contributed by atoms with Gasteiger partial charge in [-0.2, -0.15) is 0 Å². The molecule has 0 aliphatic carbocycles. The monoisotopic (exact) mass is 206 g/mol. The molecule has 2 rings (SSSR count). The number of nitrogens with zero attached hydrogens (tertiary/aromatic N) is 2. The van der Waals surface area contributed by atoms with Crippen molar-refractivity contribution >= 4 is 11.5 Å². The van der Waals surface area contributed by atoms with Crippen LogP contribution in [0.5, 0.6) is 0 Å². The standard InChI is InChI=1S/C11H18N4/c1-8-6-13-11(5-10(8)12)14-9-3-4-15(2)7-9/h5-6,9H,3-4,7H2,1-2H3,(H3,12,13,14). The predicted molar refractivity (Wildman–Crippen MR) is 62.9 cm³/mol. The van der Waals surface area contributed by atoms with Crippen molar-refractivity contribution in [1.29, 1.82) is 0 Å². The summed E-state index contributed by atoms with van der Waals surface area (Å²) >= 11 is 0. The third-order valence-electron chi connectivity index (χ3n) is 2.89. The summed E-state index contributed by atoms with van der Waals surface area (Å²) in [6, 6.07) is 2.41. The SMILES string of the molecule is Cc1cnc(NC2CCN(C)C2)cc1N. The Hall–Kier alpha value is -1.29. The lowest BCUT2D eigenvalue weighted by Crippen LogP contribution is -2.24. The molecule has 1 saturated heterocycles. The highest BCUT2D eigenvalue weighted by molar-refractivity contribution is 5.53. The van der Waals surface area contributed by atoms with Gasteiger partial charge in [-0.25, -0.2) is 4.98 Å². The maximum atomic E-state index is 5.83. The fourth-order valence-electron chi connectivity index (χ4n) is 1.88. The average Bonchev–Trinajstić information content (AvgIpc) is 2.58. The second-order valence-corrected chi connectivity index (χ2v) is 4.32. The van der Waals surface area contributed by atoms with Crippen molar-refractivity contribution in [2.75, 3.05) is 31.2 Å². The highest BCUT2D eigenvalue weighted by Gasteiger charge is 2.19. The third kappa shape index (κ3) is 2.39. The van der Waals surface area contributed by atoms with Crippen LogP contribution < -0.4 is 11.1 Å². The molecular weight excluding hydrogens is 188 g/mol. The van der Waals surface area contributed by atoms with E-state index >= 15 is 0 Å². The summed E-state index contributed by atoms with van der Waals surface area (Å²) < 4.78 is 0. The fourth-order valence-corrected chi connectivity index (χ4v) is 1.88. The number of rotatable bonds is 2. The number of aromatic nitrogens is 1. The molecule has 0 spiro atoms. The van der Waals surface area contributed by atoms with Gasteiger partial charge in [0, 0.05) is 30.5 Å². The lowest BCUT2D eigenvalue weighted by molar-refractivity contribution is 0.414. The van der Waals surface area contributed by atoms with Gasteiger partial charge in [-0.05, 0) is 32.5 Å². The largest absolute Gasteiger partial charge is 0.398 e. The Morgan fingerprint density at radius 2 is 2.40 bits per heavy atom. The summed E-state index contributed by atoms with van der Waals surface area (Å²) in [6.45, 7) is 4.20. The molecule has 0 aromatic carbocycles. The number of anilines is 2. The first-order valence-corrected chi connectivity index (χ1v) is 5.32. The van der Waals surface area contributed by atoms with E-state index in [1.165, 1.54) is 6.42 Å². The first-order valence-electron chi connectivity index (χ1n) is 5.32. The minimum absolute atomic E-state index is 0.504. The van der Waals surface area contributed by atoms with E-state index < -0.39 is 0 Å². The molecule has 15 heavy (non-hydrogen) atoms. The van der Waals surface area contributed by atoms with E-state index in [0.29, 0.717) is 6.04 Å². The number of pyridine rings is 1. The van der Waals surface area contributed by atoms with E-state index in [9.17, 15) is 0 Å². The molecule has 1 unspecified atom stereocenters. The van der Waals surface area contributed by atoms with Gasteiger partial charge in [0.25, 0.3) is 0 Å². The van der Waals surface area contributed by atoms with Crippen LogP contribution in [0.25, 0.3) is 0 Å². The molecule has 3 N–H and O–H groups in total. The van der Waals surface area contributed by atoms with Gasteiger partial charge in [0.05, 0.1) is 0 Å². The van der Waals surface area contributed by atoms with E-state index in [0.717, 1.165) is 30.2 Å². The Kier molecular flexibility index (Phi) is 2.77. The highest BCUT2D eigenvalue weighted by Crippen LogP contribution is 2.17. The number of likely N-dealkylation sites (N-methyl/N-ethyl adjacent to an activating group) is 1. The molecule has 1 aliphatic heterocycles. The Bertz CT molecular complexity index is 350. The molecule has 1 aromatic rings. The zero-order valence-electron chi connectivity index (χ0n) is 9.33. The normalized spacial score (nSPS) is 21.9. The topological polar surface area (TPSA) is 54.2 Å². The average molecular weight is 206 g/mol. The van der Waals surface area contributed by atoms with Crippen LogP contribution in [0.2, 0.25) is 0 Å². The van der Waals surface area contributed by atoms with Gasteiger partial charge in [0.1, 0.15) is 5.82 Å². The quantitative estimate of drug-likeness (QED) is 0.760. The van der Waals surface area contributed by atoms with Crippen LogP contribution in [0.4, 0.5) is 11.5 Å². The molecule has 4 heteroatoms. The highest BCUT2D eigenvalue weighted by atomic mass is 15.2. The minimum atomic E-state index is 0.504. The molecule has 0 radical (unpaired) electrons. The molecule has 2 heterocycles. The summed E-state index contributed by atoms with van der Waals surface area (Å²) in [5.74, 6) is 0.887. The Morgan fingerprint density at radius 1 is 1.60 bits per heavy atom. The zero-order chi connectivity index (χ0) is 10.8. The van der Waals surface area contributed by atoms with Crippen molar-refractivity contribution in [2.24, 2.45) is 0 Å². The van der Waals surface area contributed by atoms with Gasteiger partial charge in [0.2, 0.25) is 0 Å². The maximum Gasteiger partial charge on any atom is 0.128 e. The number of hydrogen-bond donors (Lipinski definition) is 2. The van der Waals surface area contributed by atoms with Crippen molar-refractivity contribution in [2.45, 2.75) is 19.4 Å².